The first kappa shape index (κ1) is 14.1. The quantitative estimate of drug-likeness (QED) is 0.680. The highest BCUT2D eigenvalue weighted by atomic mass is 35.5. The van der Waals surface area contributed by atoms with Crippen molar-refractivity contribution in [2.75, 3.05) is 5.88 Å². The third kappa shape index (κ3) is 2.44. The van der Waals surface area contributed by atoms with E-state index in [0.717, 1.165) is 47.1 Å². The molecule has 0 bridgehead atoms. The highest BCUT2D eigenvalue weighted by Crippen LogP contribution is 2.21. The van der Waals surface area contributed by atoms with E-state index in [0.29, 0.717) is 12.4 Å². The van der Waals surface area contributed by atoms with Crippen LogP contribution in [0, 0.1) is 13.8 Å². The number of rotatable bonds is 5. The molecule has 0 saturated carbocycles. The Bertz CT molecular complexity index is 770. The maximum Gasteiger partial charge on any atom is 0.159 e. The summed E-state index contributed by atoms with van der Waals surface area (Å²) in [6.07, 6.45) is 0.718. The molecule has 0 N–H and O–H groups in total. The van der Waals surface area contributed by atoms with E-state index in [-0.39, 0.29) is 0 Å². The summed E-state index contributed by atoms with van der Waals surface area (Å²) < 4.78 is 9.27. The predicted molar refractivity (Wildman–Crippen MR) is 80.7 cm³/mol. The van der Waals surface area contributed by atoms with E-state index in [1.807, 2.05) is 24.6 Å². The van der Waals surface area contributed by atoms with Gasteiger partial charge in [0, 0.05) is 24.9 Å². The summed E-state index contributed by atoms with van der Waals surface area (Å²) in [4.78, 5) is 4.71. The Morgan fingerprint density at radius 2 is 2.14 bits per heavy atom. The number of fused-ring (bicyclic) bond motifs is 1. The summed E-state index contributed by atoms with van der Waals surface area (Å²) in [7, 11) is 0. The summed E-state index contributed by atoms with van der Waals surface area (Å²) in [6, 6.07) is 1.94. The second-order valence-corrected chi connectivity index (χ2v) is 5.43. The largest absolute Gasteiger partial charge is 0.361 e. The second-order valence-electron chi connectivity index (χ2n) is 5.06. The molecule has 3 aromatic heterocycles. The summed E-state index contributed by atoms with van der Waals surface area (Å²) in [6.45, 7) is 7.36. The molecular weight excluding hydrogens is 290 g/mol. The van der Waals surface area contributed by atoms with Crippen molar-refractivity contribution in [3.05, 3.63) is 29.0 Å². The number of hydrogen-bond acceptors (Lipinski definition) is 4. The van der Waals surface area contributed by atoms with Crippen LogP contribution in [-0.4, -0.2) is 30.4 Å². The van der Waals surface area contributed by atoms with E-state index >= 15 is 0 Å². The van der Waals surface area contributed by atoms with Crippen molar-refractivity contribution in [2.45, 2.75) is 40.3 Å². The van der Waals surface area contributed by atoms with Gasteiger partial charge in [-0.1, -0.05) is 5.16 Å². The van der Waals surface area contributed by atoms with Crippen LogP contribution in [0.3, 0.4) is 0 Å². The molecule has 0 saturated heterocycles. The van der Waals surface area contributed by atoms with Crippen LogP contribution < -0.4 is 0 Å². The van der Waals surface area contributed by atoms with E-state index in [2.05, 4.69) is 21.7 Å². The molecule has 0 aliphatic heterocycles. The van der Waals surface area contributed by atoms with E-state index in [1.54, 1.807) is 0 Å². The lowest BCUT2D eigenvalue weighted by molar-refractivity contribution is 0.388. The Kier molecular flexibility index (Phi) is 3.71. The fraction of sp³-hybridized carbons (Fsp3) is 0.500. The zero-order chi connectivity index (χ0) is 15.0. The maximum atomic E-state index is 5.91. The van der Waals surface area contributed by atoms with E-state index in [4.69, 9.17) is 21.1 Å². The zero-order valence-corrected chi connectivity index (χ0v) is 13.2. The molecule has 0 spiro atoms. The molecule has 0 aromatic carbocycles. The van der Waals surface area contributed by atoms with Crippen LogP contribution in [-0.2, 0) is 19.5 Å². The van der Waals surface area contributed by atoms with Crippen LogP contribution in [0.2, 0.25) is 0 Å². The van der Waals surface area contributed by atoms with Crippen molar-refractivity contribution in [1.82, 2.24) is 24.5 Å². The minimum absolute atomic E-state index is 0.538. The number of alkyl halides is 1. The maximum absolute atomic E-state index is 5.91. The Labute approximate surface area is 127 Å². The van der Waals surface area contributed by atoms with E-state index in [1.165, 1.54) is 0 Å². The molecule has 3 rings (SSSR count). The first-order chi connectivity index (χ1) is 10.1. The average Bonchev–Trinajstić information content (AvgIpc) is 3.10. The molecule has 0 amide bonds. The van der Waals surface area contributed by atoms with Gasteiger partial charge in [-0.25, -0.2) is 9.67 Å². The number of hydrogen-bond donors (Lipinski definition) is 0. The Hall–Kier alpha value is -1.82. The normalized spacial score (nSPS) is 11.6. The van der Waals surface area contributed by atoms with Crippen LogP contribution in [0.4, 0.5) is 0 Å². The first-order valence-corrected chi connectivity index (χ1v) is 7.58. The van der Waals surface area contributed by atoms with Crippen molar-refractivity contribution in [1.29, 1.82) is 0 Å². The standard InChI is InChI=1S/C14H18ClN5O/c1-4-20-14-13(10(3)17-20)16-12(5-6-15)19(14)8-11-7-9(2)21-18-11/h7H,4-6,8H2,1-3H3. The molecule has 3 aromatic rings. The second kappa shape index (κ2) is 5.52. The fourth-order valence-corrected chi connectivity index (χ4v) is 2.76. The van der Waals surface area contributed by atoms with Gasteiger partial charge in [0.15, 0.2) is 5.65 Å². The van der Waals surface area contributed by atoms with Gasteiger partial charge in [0.25, 0.3) is 0 Å². The molecule has 0 aliphatic carbocycles. The van der Waals surface area contributed by atoms with Gasteiger partial charge >= 0.3 is 0 Å². The van der Waals surface area contributed by atoms with Crippen molar-refractivity contribution in [3.8, 4) is 0 Å². The predicted octanol–water partition coefficient (Wildman–Crippen LogP) is 2.69. The summed E-state index contributed by atoms with van der Waals surface area (Å²) >= 11 is 5.91. The molecule has 0 radical (unpaired) electrons. The van der Waals surface area contributed by atoms with Gasteiger partial charge < -0.3 is 9.09 Å². The topological polar surface area (TPSA) is 61.7 Å². The molecular formula is C14H18ClN5O. The lowest BCUT2D eigenvalue weighted by Crippen LogP contribution is -2.10. The van der Waals surface area contributed by atoms with Crippen LogP contribution in [0.25, 0.3) is 11.2 Å². The number of halogens is 1. The molecule has 0 atom stereocenters. The van der Waals surface area contributed by atoms with Gasteiger partial charge in [-0.15, -0.1) is 11.6 Å². The fourth-order valence-electron chi connectivity index (χ4n) is 2.59. The van der Waals surface area contributed by atoms with E-state index < -0.39 is 0 Å². The Morgan fingerprint density at radius 3 is 2.76 bits per heavy atom. The lowest BCUT2D eigenvalue weighted by atomic mass is 10.3. The highest BCUT2D eigenvalue weighted by Gasteiger charge is 2.18. The molecule has 7 heteroatoms. The molecule has 3 heterocycles. The smallest absolute Gasteiger partial charge is 0.159 e. The van der Waals surface area contributed by atoms with Crippen LogP contribution in [0.15, 0.2) is 10.6 Å². The molecule has 6 nitrogen and oxygen atoms in total. The van der Waals surface area contributed by atoms with Gasteiger partial charge in [-0.3, -0.25) is 0 Å². The third-order valence-corrected chi connectivity index (χ3v) is 3.68. The molecule has 0 aliphatic rings. The molecule has 21 heavy (non-hydrogen) atoms. The number of aromatic nitrogens is 5. The minimum Gasteiger partial charge on any atom is -0.361 e. The lowest BCUT2D eigenvalue weighted by Gasteiger charge is -2.07. The minimum atomic E-state index is 0.538. The highest BCUT2D eigenvalue weighted by molar-refractivity contribution is 6.17. The van der Waals surface area contributed by atoms with Crippen LogP contribution in [0.1, 0.15) is 29.9 Å². The van der Waals surface area contributed by atoms with Crippen LogP contribution >= 0.6 is 11.6 Å². The summed E-state index contributed by atoms with van der Waals surface area (Å²) in [5.41, 5.74) is 3.79. The first-order valence-electron chi connectivity index (χ1n) is 7.04. The third-order valence-electron chi connectivity index (χ3n) is 3.49. The summed E-state index contributed by atoms with van der Waals surface area (Å²) in [5, 5.41) is 8.61. The average molecular weight is 308 g/mol. The number of aryl methyl sites for hydroxylation is 4. The molecule has 112 valence electrons. The van der Waals surface area contributed by atoms with Crippen molar-refractivity contribution >= 4 is 22.8 Å². The van der Waals surface area contributed by atoms with Crippen molar-refractivity contribution < 1.29 is 4.52 Å². The SMILES string of the molecule is CCn1nc(C)c2nc(CCCl)n(Cc3cc(C)on3)c21. The summed E-state index contributed by atoms with van der Waals surface area (Å²) in [5.74, 6) is 2.31. The van der Waals surface area contributed by atoms with Crippen molar-refractivity contribution in [3.63, 3.8) is 0 Å². The zero-order valence-electron chi connectivity index (χ0n) is 12.4. The Morgan fingerprint density at radius 1 is 1.33 bits per heavy atom. The van der Waals surface area contributed by atoms with Crippen molar-refractivity contribution in [2.24, 2.45) is 0 Å². The Balaban J connectivity index is 2.14. The number of nitrogens with zero attached hydrogens (tertiary/aromatic N) is 5. The van der Waals surface area contributed by atoms with Gasteiger partial charge in [0.05, 0.1) is 12.2 Å². The monoisotopic (exact) mass is 307 g/mol. The van der Waals surface area contributed by atoms with Gasteiger partial charge in [-0.05, 0) is 20.8 Å². The van der Waals surface area contributed by atoms with Gasteiger partial charge in [0.2, 0.25) is 0 Å². The van der Waals surface area contributed by atoms with E-state index in [9.17, 15) is 0 Å². The molecule has 0 fully saturated rings. The van der Waals surface area contributed by atoms with Gasteiger partial charge in [-0.2, -0.15) is 5.10 Å². The molecule has 0 unspecified atom stereocenters. The van der Waals surface area contributed by atoms with Crippen LogP contribution in [0.5, 0.6) is 0 Å². The van der Waals surface area contributed by atoms with Gasteiger partial charge in [0.1, 0.15) is 22.8 Å². The number of imidazole rings is 1.